The zero-order valence-corrected chi connectivity index (χ0v) is 13.0. The summed E-state index contributed by atoms with van der Waals surface area (Å²) in [5.74, 6) is -1.02. The molecule has 0 spiro atoms. The van der Waals surface area contributed by atoms with Gasteiger partial charge in [-0.2, -0.15) is 0 Å². The molecule has 0 aromatic heterocycles. The Morgan fingerprint density at radius 2 is 1.60 bits per heavy atom. The number of aliphatic carboxylic acids is 1. The van der Waals surface area contributed by atoms with Crippen molar-refractivity contribution in [3.63, 3.8) is 0 Å². The molecule has 0 aliphatic carbocycles. The fourth-order valence-electron chi connectivity index (χ4n) is 2.08. The van der Waals surface area contributed by atoms with Gasteiger partial charge in [0.1, 0.15) is 0 Å². The summed E-state index contributed by atoms with van der Waals surface area (Å²) in [4.78, 5) is 22.4. The normalized spacial score (nSPS) is 12.1. The molecule has 0 amide bonds. The monoisotopic (exact) mass is 286 g/mol. The summed E-state index contributed by atoms with van der Waals surface area (Å²) < 4.78 is 5.07. The SMILES string of the molecule is CCCCOC(=O)CCCCCC(CCCC)C(=O)O. The van der Waals surface area contributed by atoms with Crippen LogP contribution in [0, 0.1) is 5.92 Å². The van der Waals surface area contributed by atoms with Crippen LogP contribution < -0.4 is 0 Å². The molecule has 20 heavy (non-hydrogen) atoms. The molecule has 0 saturated carbocycles. The van der Waals surface area contributed by atoms with Gasteiger partial charge in [-0.25, -0.2) is 0 Å². The standard InChI is InChI=1S/C16H30O4/c1-3-5-10-14(16(18)19)11-8-7-9-12-15(17)20-13-6-4-2/h14H,3-13H2,1-2H3,(H,18,19). The zero-order chi connectivity index (χ0) is 15.2. The summed E-state index contributed by atoms with van der Waals surface area (Å²) in [6, 6.07) is 0. The van der Waals surface area contributed by atoms with Crippen molar-refractivity contribution < 1.29 is 19.4 Å². The van der Waals surface area contributed by atoms with Crippen molar-refractivity contribution in [3.8, 4) is 0 Å². The smallest absolute Gasteiger partial charge is 0.306 e. The first kappa shape index (κ1) is 18.9. The molecule has 0 aromatic carbocycles. The molecule has 0 bridgehead atoms. The summed E-state index contributed by atoms with van der Waals surface area (Å²) in [7, 11) is 0. The van der Waals surface area contributed by atoms with Gasteiger partial charge in [0.2, 0.25) is 0 Å². The molecule has 0 aliphatic rings. The molecular weight excluding hydrogens is 256 g/mol. The summed E-state index contributed by atoms with van der Waals surface area (Å²) in [5.41, 5.74) is 0. The lowest BCUT2D eigenvalue weighted by atomic mass is 9.95. The fraction of sp³-hybridized carbons (Fsp3) is 0.875. The Balaban J connectivity index is 3.57. The lowest BCUT2D eigenvalue weighted by molar-refractivity contribution is -0.144. The van der Waals surface area contributed by atoms with Crippen molar-refractivity contribution in [1.82, 2.24) is 0 Å². The molecule has 0 aromatic rings. The van der Waals surface area contributed by atoms with Crippen molar-refractivity contribution in [1.29, 1.82) is 0 Å². The van der Waals surface area contributed by atoms with E-state index in [9.17, 15) is 9.59 Å². The fourth-order valence-corrected chi connectivity index (χ4v) is 2.08. The maximum absolute atomic E-state index is 11.3. The Morgan fingerprint density at radius 3 is 2.20 bits per heavy atom. The molecule has 0 fully saturated rings. The number of hydrogen-bond acceptors (Lipinski definition) is 3. The summed E-state index contributed by atoms with van der Waals surface area (Å²) in [6.45, 7) is 4.65. The van der Waals surface area contributed by atoms with Crippen LogP contribution in [0.5, 0.6) is 0 Å². The molecule has 118 valence electrons. The molecule has 0 rings (SSSR count). The third-order valence-electron chi connectivity index (χ3n) is 3.45. The summed E-state index contributed by atoms with van der Waals surface area (Å²) >= 11 is 0. The molecule has 4 heteroatoms. The van der Waals surface area contributed by atoms with Crippen LogP contribution in [0.3, 0.4) is 0 Å². The average Bonchev–Trinajstić information content (AvgIpc) is 2.41. The van der Waals surface area contributed by atoms with Gasteiger partial charge in [0, 0.05) is 6.42 Å². The predicted octanol–water partition coefficient (Wildman–Crippen LogP) is 4.17. The van der Waals surface area contributed by atoms with E-state index in [1.807, 2.05) is 0 Å². The minimum absolute atomic E-state index is 0.126. The van der Waals surface area contributed by atoms with E-state index in [0.29, 0.717) is 13.0 Å². The first-order valence-corrected chi connectivity index (χ1v) is 8.00. The van der Waals surface area contributed by atoms with Crippen LogP contribution in [0.15, 0.2) is 0 Å². The van der Waals surface area contributed by atoms with Gasteiger partial charge in [-0.1, -0.05) is 46.0 Å². The highest BCUT2D eigenvalue weighted by molar-refractivity contribution is 5.70. The second-order valence-electron chi connectivity index (χ2n) is 5.35. The molecule has 1 atom stereocenters. The van der Waals surface area contributed by atoms with Gasteiger partial charge in [-0.3, -0.25) is 9.59 Å². The van der Waals surface area contributed by atoms with E-state index in [1.54, 1.807) is 0 Å². The van der Waals surface area contributed by atoms with Gasteiger partial charge in [0.15, 0.2) is 0 Å². The molecular formula is C16H30O4. The van der Waals surface area contributed by atoms with Crippen LogP contribution in [0.2, 0.25) is 0 Å². The average molecular weight is 286 g/mol. The van der Waals surface area contributed by atoms with Gasteiger partial charge in [-0.15, -0.1) is 0 Å². The van der Waals surface area contributed by atoms with Crippen molar-refractivity contribution >= 4 is 11.9 Å². The number of esters is 1. The van der Waals surface area contributed by atoms with Crippen molar-refractivity contribution in [2.45, 2.75) is 78.1 Å². The van der Waals surface area contributed by atoms with Crippen LogP contribution in [0.4, 0.5) is 0 Å². The van der Waals surface area contributed by atoms with Crippen LogP contribution in [0.25, 0.3) is 0 Å². The molecule has 1 N–H and O–H groups in total. The van der Waals surface area contributed by atoms with E-state index in [-0.39, 0.29) is 11.9 Å². The molecule has 0 aliphatic heterocycles. The number of ether oxygens (including phenoxy) is 1. The minimum atomic E-state index is -0.683. The molecule has 0 radical (unpaired) electrons. The van der Waals surface area contributed by atoms with Crippen LogP contribution >= 0.6 is 0 Å². The maximum atomic E-state index is 11.3. The Kier molecular flexibility index (Phi) is 12.3. The number of unbranched alkanes of at least 4 members (excludes halogenated alkanes) is 4. The molecule has 0 heterocycles. The zero-order valence-electron chi connectivity index (χ0n) is 13.0. The highest BCUT2D eigenvalue weighted by Crippen LogP contribution is 2.17. The van der Waals surface area contributed by atoms with Gasteiger partial charge in [-0.05, 0) is 25.7 Å². The lowest BCUT2D eigenvalue weighted by Crippen LogP contribution is -2.13. The van der Waals surface area contributed by atoms with Gasteiger partial charge in [0.25, 0.3) is 0 Å². The third-order valence-corrected chi connectivity index (χ3v) is 3.45. The van der Waals surface area contributed by atoms with E-state index < -0.39 is 5.97 Å². The Morgan fingerprint density at radius 1 is 0.950 bits per heavy atom. The molecule has 1 unspecified atom stereocenters. The number of carboxylic acids is 1. The summed E-state index contributed by atoms with van der Waals surface area (Å²) in [5, 5.41) is 9.09. The van der Waals surface area contributed by atoms with E-state index in [1.165, 1.54) is 0 Å². The third kappa shape index (κ3) is 10.8. The number of carbonyl (C=O) groups is 2. The van der Waals surface area contributed by atoms with Crippen LogP contribution in [-0.4, -0.2) is 23.7 Å². The Bertz CT molecular complexity index is 263. The van der Waals surface area contributed by atoms with Crippen LogP contribution in [-0.2, 0) is 14.3 Å². The highest BCUT2D eigenvalue weighted by Gasteiger charge is 2.15. The first-order chi connectivity index (χ1) is 9.61. The number of rotatable bonds is 13. The Hall–Kier alpha value is -1.06. The van der Waals surface area contributed by atoms with E-state index >= 15 is 0 Å². The minimum Gasteiger partial charge on any atom is -0.481 e. The predicted molar refractivity (Wildman–Crippen MR) is 79.6 cm³/mol. The second-order valence-corrected chi connectivity index (χ2v) is 5.35. The number of carbonyl (C=O) groups excluding carboxylic acids is 1. The topological polar surface area (TPSA) is 63.6 Å². The largest absolute Gasteiger partial charge is 0.481 e. The number of hydrogen-bond donors (Lipinski definition) is 1. The van der Waals surface area contributed by atoms with Crippen LogP contribution in [0.1, 0.15) is 78.1 Å². The van der Waals surface area contributed by atoms with Gasteiger partial charge >= 0.3 is 11.9 Å². The summed E-state index contributed by atoms with van der Waals surface area (Å²) in [6.07, 6.45) is 8.48. The van der Waals surface area contributed by atoms with E-state index in [4.69, 9.17) is 9.84 Å². The number of carboxylic acid groups (broad SMARTS) is 1. The lowest BCUT2D eigenvalue weighted by Gasteiger charge is -2.11. The molecule has 0 saturated heterocycles. The Labute approximate surface area is 122 Å². The second kappa shape index (κ2) is 12.9. The van der Waals surface area contributed by atoms with E-state index in [0.717, 1.165) is 57.8 Å². The van der Waals surface area contributed by atoms with Gasteiger partial charge in [0.05, 0.1) is 12.5 Å². The van der Waals surface area contributed by atoms with Crippen molar-refractivity contribution in [3.05, 3.63) is 0 Å². The van der Waals surface area contributed by atoms with Crippen molar-refractivity contribution in [2.75, 3.05) is 6.61 Å². The van der Waals surface area contributed by atoms with Gasteiger partial charge < -0.3 is 9.84 Å². The highest BCUT2D eigenvalue weighted by atomic mass is 16.5. The van der Waals surface area contributed by atoms with Crippen molar-refractivity contribution in [2.24, 2.45) is 5.92 Å². The first-order valence-electron chi connectivity index (χ1n) is 8.00. The molecule has 4 nitrogen and oxygen atoms in total. The quantitative estimate of drug-likeness (QED) is 0.407. The maximum Gasteiger partial charge on any atom is 0.306 e. The van der Waals surface area contributed by atoms with E-state index in [2.05, 4.69) is 13.8 Å².